The fourth-order valence-corrected chi connectivity index (χ4v) is 6.55. The van der Waals surface area contributed by atoms with E-state index in [1.165, 1.54) is 6.42 Å². The lowest BCUT2D eigenvalue weighted by molar-refractivity contribution is 0.0815. The van der Waals surface area contributed by atoms with Crippen molar-refractivity contribution in [3.05, 3.63) is 101 Å². The highest BCUT2D eigenvalue weighted by atomic mass is 16.5. The molecular weight excluding hydrogens is 632 g/mol. The molecule has 2 atom stereocenters. The second kappa shape index (κ2) is 15.3. The van der Waals surface area contributed by atoms with E-state index in [0.29, 0.717) is 37.0 Å². The lowest BCUT2D eigenvalue weighted by atomic mass is 9.85. The highest BCUT2D eigenvalue weighted by Gasteiger charge is 2.30. The van der Waals surface area contributed by atoms with Crippen molar-refractivity contribution in [2.75, 3.05) is 31.6 Å². The number of piperidine rings is 1. The molecule has 12 heteroatoms. The molecule has 6 rings (SSSR count). The summed E-state index contributed by atoms with van der Waals surface area (Å²) in [6.07, 6.45) is 6.11. The number of ether oxygens (including phenoxy) is 2. The van der Waals surface area contributed by atoms with Crippen LogP contribution in [0.25, 0.3) is 5.69 Å². The molecule has 0 saturated carbocycles. The van der Waals surface area contributed by atoms with E-state index >= 15 is 0 Å². The minimum atomic E-state index is -0.337. The van der Waals surface area contributed by atoms with Crippen molar-refractivity contribution in [2.24, 2.45) is 0 Å². The monoisotopic (exact) mass is 680 g/mol. The Morgan fingerprint density at radius 2 is 1.78 bits per heavy atom. The van der Waals surface area contributed by atoms with E-state index in [0.717, 1.165) is 54.0 Å². The summed E-state index contributed by atoms with van der Waals surface area (Å²) in [5.74, 6) is 1.45. The predicted octanol–water partition coefficient (Wildman–Crippen LogP) is 6.01. The summed E-state index contributed by atoms with van der Waals surface area (Å²) in [6.45, 7) is 8.47. The molecule has 0 spiro atoms. The number of carbonyl (C=O) groups is 1. The normalized spacial score (nSPS) is 17.6. The van der Waals surface area contributed by atoms with Crippen molar-refractivity contribution in [2.45, 2.75) is 77.0 Å². The largest absolute Gasteiger partial charge is 0.484 e. The van der Waals surface area contributed by atoms with Crippen LogP contribution >= 0.6 is 0 Å². The van der Waals surface area contributed by atoms with Gasteiger partial charge in [-0.2, -0.15) is 5.10 Å². The van der Waals surface area contributed by atoms with Gasteiger partial charge in [-0.3, -0.25) is 20.7 Å². The van der Waals surface area contributed by atoms with Gasteiger partial charge in [-0.1, -0.05) is 57.2 Å². The molecule has 5 N–H and O–H groups in total. The highest BCUT2D eigenvalue weighted by molar-refractivity contribution is 5.89. The summed E-state index contributed by atoms with van der Waals surface area (Å²) in [7, 11) is 0. The van der Waals surface area contributed by atoms with E-state index in [-0.39, 0.29) is 42.3 Å². The van der Waals surface area contributed by atoms with E-state index in [1.807, 2.05) is 59.5 Å². The Bertz CT molecular complexity index is 1870. The Morgan fingerprint density at radius 1 is 1.00 bits per heavy atom. The van der Waals surface area contributed by atoms with Crippen LogP contribution in [0.3, 0.4) is 0 Å². The smallest absolute Gasteiger partial charge is 0.320 e. The van der Waals surface area contributed by atoms with Gasteiger partial charge in [0.2, 0.25) is 5.96 Å². The maximum absolute atomic E-state index is 13.6. The number of hydrogen-bond acceptors (Lipinski definition) is 7. The van der Waals surface area contributed by atoms with Gasteiger partial charge in [0.1, 0.15) is 23.2 Å². The summed E-state index contributed by atoms with van der Waals surface area (Å²) >= 11 is 0. The Balaban J connectivity index is 1.18. The topological polar surface area (TPSA) is 154 Å². The molecular formula is C38H48N8O4. The number of nitrogens with one attached hydrogen (secondary N) is 4. The highest BCUT2D eigenvalue weighted by Crippen LogP contribution is 2.39. The van der Waals surface area contributed by atoms with Crippen LogP contribution in [0.5, 0.6) is 5.75 Å². The lowest BCUT2D eigenvalue weighted by Gasteiger charge is -2.33. The van der Waals surface area contributed by atoms with Gasteiger partial charge in [-0.05, 0) is 73.1 Å². The zero-order valence-corrected chi connectivity index (χ0v) is 29.1. The summed E-state index contributed by atoms with van der Waals surface area (Å²) < 4.78 is 15.4. The summed E-state index contributed by atoms with van der Waals surface area (Å²) in [5.41, 5.74) is 4.54. The van der Waals surface area contributed by atoms with Crippen LogP contribution in [0.1, 0.15) is 87.4 Å². The molecule has 12 nitrogen and oxygen atoms in total. The van der Waals surface area contributed by atoms with Crippen LogP contribution in [-0.2, 0) is 16.8 Å². The maximum atomic E-state index is 13.6. The summed E-state index contributed by atoms with van der Waals surface area (Å²) in [5, 5.41) is 37.4. The minimum absolute atomic E-state index is 0.0398. The standard InChI is InChI=1S/C38H48N8O4/c1-38(2,3)33-23-35(46(43-33)27-11-9-10-26(22-27)25-49-21-20-47)42-37(48)41-31-15-16-32(30-13-6-5-12-29(30)31)50-28-14-17-34(39)45(24-28)36(40)44-18-7-4-8-19-44/h5-6,9-14,17,22-24,31-32,39-40,47H,4,7-8,15-16,18-21,25H2,1-3H3,(H2,41,42,48)/t31-,32+/m0/s1. The molecule has 2 aromatic carbocycles. The average Bonchev–Trinajstić information content (AvgIpc) is 3.55. The number of aliphatic hydroxyl groups excluding tert-OH is 1. The number of fused-ring (bicyclic) bond motifs is 1. The quantitative estimate of drug-likeness (QED) is 0.0830. The first-order valence-electron chi connectivity index (χ1n) is 17.4. The zero-order valence-electron chi connectivity index (χ0n) is 29.1. The van der Waals surface area contributed by atoms with E-state index in [1.54, 1.807) is 27.6 Å². The van der Waals surface area contributed by atoms with Gasteiger partial charge in [-0.15, -0.1) is 0 Å². The van der Waals surface area contributed by atoms with Gasteiger partial charge in [0, 0.05) is 24.6 Å². The predicted molar refractivity (Wildman–Crippen MR) is 192 cm³/mol. The molecule has 0 radical (unpaired) electrons. The first-order valence-corrected chi connectivity index (χ1v) is 17.4. The van der Waals surface area contributed by atoms with Gasteiger partial charge in [0.05, 0.1) is 43.4 Å². The van der Waals surface area contributed by atoms with E-state index in [9.17, 15) is 4.79 Å². The van der Waals surface area contributed by atoms with Crippen molar-refractivity contribution in [1.82, 2.24) is 24.6 Å². The number of nitrogens with zero attached hydrogens (tertiary/aromatic N) is 4. The minimum Gasteiger partial charge on any atom is -0.484 e. The van der Waals surface area contributed by atoms with Crippen molar-refractivity contribution in [3.8, 4) is 11.4 Å². The fourth-order valence-electron chi connectivity index (χ4n) is 6.55. The number of amides is 2. The van der Waals surface area contributed by atoms with Crippen molar-refractivity contribution < 1.29 is 19.4 Å². The molecule has 50 heavy (non-hydrogen) atoms. The number of benzene rings is 2. The summed E-state index contributed by atoms with van der Waals surface area (Å²) in [4.78, 5) is 15.6. The Kier molecular flexibility index (Phi) is 10.7. The zero-order chi connectivity index (χ0) is 35.3. The number of rotatable bonds is 9. The number of pyridine rings is 1. The van der Waals surface area contributed by atoms with Crippen LogP contribution in [0.4, 0.5) is 10.6 Å². The third-order valence-corrected chi connectivity index (χ3v) is 9.20. The third kappa shape index (κ3) is 8.09. The molecule has 4 aromatic rings. The van der Waals surface area contributed by atoms with Gasteiger partial charge in [-0.25, -0.2) is 9.48 Å². The molecule has 0 unspecified atom stereocenters. The number of urea groups is 1. The molecule has 1 saturated heterocycles. The third-order valence-electron chi connectivity index (χ3n) is 9.20. The number of likely N-dealkylation sites (tertiary alicyclic amines) is 1. The molecule has 2 aliphatic rings. The fraction of sp³-hybridized carbons (Fsp3) is 0.421. The second-order valence-corrected chi connectivity index (χ2v) is 14.0. The Hall–Kier alpha value is -4.94. The van der Waals surface area contributed by atoms with E-state index < -0.39 is 0 Å². The van der Waals surface area contributed by atoms with E-state index in [2.05, 4.69) is 31.4 Å². The first kappa shape index (κ1) is 34.9. The van der Waals surface area contributed by atoms with Crippen LogP contribution in [0.2, 0.25) is 0 Å². The van der Waals surface area contributed by atoms with Crippen molar-refractivity contribution in [1.29, 1.82) is 10.8 Å². The van der Waals surface area contributed by atoms with Gasteiger partial charge in [0.25, 0.3) is 0 Å². The van der Waals surface area contributed by atoms with Crippen LogP contribution in [0, 0.1) is 10.8 Å². The van der Waals surface area contributed by atoms with Crippen molar-refractivity contribution in [3.63, 3.8) is 0 Å². The summed E-state index contributed by atoms with van der Waals surface area (Å²) in [6, 6.07) is 20.6. The van der Waals surface area contributed by atoms with E-state index in [4.69, 9.17) is 30.5 Å². The van der Waals surface area contributed by atoms with Gasteiger partial charge in [0.15, 0.2) is 0 Å². The van der Waals surface area contributed by atoms with Gasteiger partial charge >= 0.3 is 6.03 Å². The lowest BCUT2D eigenvalue weighted by Crippen LogP contribution is -2.42. The number of aromatic nitrogens is 3. The Labute approximate surface area is 293 Å². The molecule has 264 valence electrons. The Morgan fingerprint density at radius 3 is 2.54 bits per heavy atom. The van der Waals surface area contributed by atoms with Gasteiger partial charge < -0.3 is 24.8 Å². The molecule has 2 amide bonds. The molecule has 2 aromatic heterocycles. The van der Waals surface area contributed by atoms with Crippen molar-refractivity contribution >= 4 is 17.8 Å². The molecule has 3 heterocycles. The molecule has 0 bridgehead atoms. The van der Waals surface area contributed by atoms with Crippen LogP contribution in [0.15, 0.2) is 72.9 Å². The van der Waals surface area contributed by atoms with Crippen LogP contribution in [-0.4, -0.2) is 62.6 Å². The SMILES string of the molecule is CC(C)(C)c1cc(NC(=O)N[C@H]2CC[C@@H](Oc3ccc(=N)n(C(=N)N4CCCCC4)c3)c3ccccc32)n(-c2cccc(COCCO)c2)n1. The number of hydrogen-bond donors (Lipinski definition) is 5. The number of anilines is 1. The maximum Gasteiger partial charge on any atom is 0.320 e. The molecule has 1 aliphatic carbocycles. The van der Waals surface area contributed by atoms with Crippen LogP contribution < -0.4 is 20.9 Å². The number of aliphatic hydroxyl groups is 1. The second-order valence-electron chi connectivity index (χ2n) is 14.0. The average molecular weight is 681 g/mol. The molecule has 1 aliphatic heterocycles. The molecule has 1 fully saturated rings. The number of carbonyl (C=O) groups excluding carboxylic acids is 1. The first-order chi connectivity index (χ1) is 24.1.